The third kappa shape index (κ3) is 2.22. The van der Waals surface area contributed by atoms with Crippen LogP contribution in [-0.2, 0) is 9.59 Å². The van der Waals surface area contributed by atoms with Crippen LogP contribution in [0.1, 0.15) is 17.5 Å². The lowest BCUT2D eigenvalue weighted by Crippen LogP contribution is -2.41. The van der Waals surface area contributed by atoms with Crippen molar-refractivity contribution < 1.29 is 9.59 Å². The van der Waals surface area contributed by atoms with Crippen molar-refractivity contribution >= 4 is 23.2 Å². The second-order valence-electron chi connectivity index (χ2n) is 4.34. The van der Waals surface area contributed by atoms with Crippen molar-refractivity contribution in [3.8, 4) is 0 Å². The molecule has 1 aromatic carbocycles. The van der Waals surface area contributed by atoms with E-state index in [1.54, 1.807) is 0 Å². The zero-order chi connectivity index (χ0) is 12.6. The molecule has 0 saturated carbocycles. The predicted octanol–water partition coefficient (Wildman–Crippen LogP) is 0.911. The average Bonchev–Trinajstić information content (AvgIpc) is 2.22. The summed E-state index contributed by atoms with van der Waals surface area (Å²) in [6.07, 6.45) is -0.00179. The minimum atomic E-state index is -0.581. The molecular formula is C12H15N3O2. The normalized spacial score (nSPS) is 18.0. The number of nitrogens with one attached hydrogen (secondary N) is 2. The molecule has 90 valence electrons. The molecular weight excluding hydrogens is 218 g/mol. The predicted molar refractivity (Wildman–Crippen MR) is 65.8 cm³/mol. The molecule has 1 heterocycles. The van der Waals surface area contributed by atoms with E-state index in [1.165, 1.54) is 0 Å². The van der Waals surface area contributed by atoms with E-state index in [2.05, 4.69) is 10.6 Å². The van der Waals surface area contributed by atoms with E-state index in [-0.39, 0.29) is 12.3 Å². The standard InChI is InChI=1S/C12H15N3O2/c1-6-3-8-9(4-7(6)2)15-12(17)10(14-8)5-11(13)16/h3-4,10,14H,5H2,1-2H3,(H2,13,16)(H,15,17)/t10-/m0/s1. The maximum absolute atomic E-state index is 11.7. The summed E-state index contributed by atoms with van der Waals surface area (Å²) in [5.74, 6) is -0.718. The highest BCUT2D eigenvalue weighted by Crippen LogP contribution is 2.30. The highest BCUT2D eigenvalue weighted by Gasteiger charge is 2.26. The molecule has 1 aromatic rings. The zero-order valence-electron chi connectivity index (χ0n) is 9.83. The van der Waals surface area contributed by atoms with E-state index in [4.69, 9.17) is 5.73 Å². The maximum Gasteiger partial charge on any atom is 0.247 e. The van der Waals surface area contributed by atoms with Gasteiger partial charge in [-0.1, -0.05) is 0 Å². The van der Waals surface area contributed by atoms with Gasteiger partial charge in [-0.05, 0) is 37.1 Å². The largest absolute Gasteiger partial charge is 0.372 e. The summed E-state index contributed by atoms with van der Waals surface area (Å²) in [5.41, 5.74) is 8.92. The first kappa shape index (κ1) is 11.4. The quantitative estimate of drug-likeness (QED) is 0.710. The molecule has 2 amide bonds. The lowest BCUT2D eigenvalue weighted by molar-refractivity contribution is -0.123. The summed E-state index contributed by atoms with van der Waals surface area (Å²) in [6.45, 7) is 3.98. The third-order valence-electron chi connectivity index (χ3n) is 2.94. The Morgan fingerprint density at radius 1 is 1.29 bits per heavy atom. The molecule has 0 spiro atoms. The van der Waals surface area contributed by atoms with Crippen molar-refractivity contribution in [2.75, 3.05) is 10.6 Å². The summed E-state index contributed by atoms with van der Waals surface area (Å²) >= 11 is 0. The molecule has 0 fully saturated rings. The first-order chi connectivity index (χ1) is 7.97. The molecule has 1 aliphatic rings. The number of amides is 2. The van der Waals surface area contributed by atoms with Crippen LogP contribution >= 0.6 is 0 Å². The SMILES string of the molecule is Cc1cc2c(cc1C)N[C@@H](CC(N)=O)C(=O)N2. The van der Waals surface area contributed by atoms with E-state index in [0.29, 0.717) is 0 Å². The van der Waals surface area contributed by atoms with Crippen molar-refractivity contribution in [3.63, 3.8) is 0 Å². The number of primary amides is 1. The minimum absolute atomic E-state index is 0.00179. The Bertz CT molecular complexity index is 497. The lowest BCUT2D eigenvalue weighted by Gasteiger charge is -2.27. The molecule has 0 radical (unpaired) electrons. The van der Waals surface area contributed by atoms with Crippen LogP contribution in [0.3, 0.4) is 0 Å². The number of carbonyl (C=O) groups excluding carboxylic acids is 2. The fraction of sp³-hybridized carbons (Fsp3) is 0.333. The summed E-state index contributed by atoms with van der Waals surface area (Å²) in [4.78, 5) is 22.6. The Morgan fingerprint density at radius 3 is 2.47 bits per heavy atom. The van der Waals surface area contributed by atoms with E-state index in [9.17, 15) is 9.59 Å². The van der Waals surface area contributed by atoms with Crippen molar-refractivity contribution in [1.82, 2.24) is 0 Å². The van der Waals surface area contributed by atoms with Crippen LogP contribution in [0.4, 0.5) is 11.4 Å². The summed E-state index contributed by atoms with van der Waals surface area (Å²) in [7, 11) is 0. The molecule has 0 bridgehead atoms. The van der Waals surface area contributed by atoms with E-state index in [0.717, 1.165) is 22.5 Å². The number of hydrogen-bond donors (Lipinski definition) is 3. The number of anilines is 2. The third-order valence-corrected chi connectivity index (χ3v) is 2.94. The molecule has 0 aliphatic carbocycles. The van der Waals surface area contributed by atoms with Gasteiger partial charge < -0.3 is 16.4 Å². The van der Waals surface area contributed by atoms with Crippen LogP contribution in [0.15, 0.2) is 12.1 Å². The Balaban J connectivity index is 2.31. The number of fused-ring (bicyclic) bond motifs is 1. The maximum atomic E-state index is 11.7. The first-order valence-corrected chi connectivity index (χ1v) is 5.44. The van der Waals surface area contributed by atoms with Gasteiger partial charge in [0.2, 0.25) is 11.8 Å². The van der Waals surface area contributed by atoms with E-state index < -0.39 is 11.9 Å². The van der Waals surface area contributed by atoms with Gasteiger partial charge in [0.25, 0.3) is 0 Å². The van der Waals surface area contributed by atoms with Gasteiger partial charge in [-0.3, -0.25) is 9.59 Å². The van der Waals surface area contributed by atoms with Gasteiger partial charge in [0.15, 0.2) is 0 Å². The van der Waals surface area contributed by atoms with Crippen LogP contribution in [-0.4, -0.2) is 17.9 Å². The van der Waals surface area contributed by atoms with E-state index in [1.807, 2.05) is 26.0 Å². The molecule has 1 atom stereocenters. The molecule has 0 saturated heterocycles. The number of carbonyl (C=O) groups is 2. The monoisotopic (exact) mass is 233 g/mol. The highest BCUT2D eigenvalue weighted by atomic mass is 16.2. The Morgan fingerprint density at radius 2 is 1.88 bits per heavy atom. The summed E-state index contributed by atoms with van der Waals surface area (Å²) in [6, 6.07) is 3.29. The number of nitrogens with two attached hydrogens (primary N) is 1. The van der Waals surface area contributed by atoms with Crippen molar-refractivity contribution in [2.45, 2.75) is 26.3 Å². The van der Waals surface area contributed by atoms with Crippen molar-refractivity contribution in [1.29, 1.82) is 0 Å². The van der Waals surface area contributed by atoms with Gasteiger partial charge in [0.05, 0.1) is 17.8 Å². The molecule has 0 aromatic heterocycles. The molecule has 5 nitrogen and oxygen atoms in total. The number of benzene rings is 1. The first-order valence-electron chi connectivity index (χ1n) is 5.44. The van der Waals surface area contributed by atoms with Gasteiger partial charge >= 0.3 is 0 Å². The van der Waals surface area contributed by atoms with E-state index >= 15 is 0 Å². The highest BCUT2D eigenvalue weighted by molar-refractivity contribution is 6.04. The fourth-order valence-electron chi connectivity index (χ4n) is 1.86. The fourth-order valence-corrected chi connectivity index (χ4v) is 1.86. The molecule has 0 unspecified atom stereocenters. The Labute approximate surface area is 99.4 Å². The number of hydrogen-bond acceptors (Lipinski definition) is 3. The molecule has 17 heavy (non-hydrogen) atoms. The van der Waals surface area contributed by atoms with Crippen molar-refractivity contribution in [3.05, 3.63) is 23.3 Å². The molecule has 2 rings (SSSR count). The Hall–Kier alpha value is -2.04. The molecule has 4 N–H and O–H groups in total. The number of aryl methyl sites for hydroxylation is 2. The van der Waals surface area contributed by atoms with Crippen LogP contribution < -0.4 is 16.4 Å². The summed E-state index contributed by atoms with van der Waals surface area (Å²) in [5, 5.41) is 5.81. The van der Waals surface area contributed by atoms with Crippen molar-refractivity contribution in [2.24, 2.45) is 5.73 Å². The molecule has 5 heteroatoms. The summed E-state index contributed by atoms with van der Waals surface area (Å²) < 4.78 is 0. The second kappa shape index (κ2) is 4.08. The number of rotatable bonds is 2. The van der Waals surface area contributed by atoms with Crippen LogP contribution in [0.25, 0.3) is 0 Å². The van der Waals surface area contributed by atoms with Gasteiger partial charge in [0.1, 0.15) is 6.04 Å². The topological polar surface area (TPSA) is 84.2 Å². The zero-order valence-corrected chi connectivity index (χ0v) is 9.83. The van der Waals surface area contributed by atoms with Crippen LogP contribution in [0.2, 0.25) is 0 Å². The minimum Gasteiger partial charge on any atom is -0.372 e. The van der Waals surface area contributed by atoms with Crippen LogP contribution in [0, 0.1) is 13.8 Å². The lowest BCUT2D eigenvalue weighted by atomic mass is 10.0. The molecule has 1 aliphatic heterocycles. The van der Waals surface area contributed by atoms with Crippen LogP contribution in [0.5, 0.6) is 0 Å². The average molecular weight is 233 g/mol. The van der Waals surface area contributed by atoms with Gasteiger partial charge in [-0.25, -0.2) is 0 Å². The Kier molecular flexibility index (Phi) is 2.75. The van der Waals surface area contributed by atoms with Gasteiger partial charge in [0, 0.05) is 0 Å². The van der Waals surface area contributed by atoms with Gasteiger partial charge in [-0.2, -0.15) is 0 Å². The smallest absolute Gasteiger partial charge is 0.247 e. The van der Waals surface area contributed by atoms with Gasteiger partial charge in [-0.15, -0.1) is 0 Å². The second-order valence-corrected chi connectivity index (χ2v) is 4.34.